The quantitative estimate of drug-likeness (QED) is 0.348. The van der Waals surface area contributed by atoms with Gasteiger partial charge in [-0.05, 0) is 82.4 Å². The number of Topliss-reactive ketones (excluding diaryl/α,β-unsaturated/α-hetero) is 3. The SMILES string of the molecule is CCCC(CC1CC(=O)c2c(C)ccc(C)c2C1)C(CC)C(=O)CC(C)=O.Cc1ccc(C)cc1. The number of rotatable bonds is 9. The number of hydrogen-bond donors (Lipinski definition) is 0. The Morgan fingerprint density at radius 3 is 1.97 bits per heavy atom. The van der Waals surface area contributed by atoms with Crippen LogP contribution in [0, 0.1) is 45.4 Å². The summed E-state index contributed by atoms with van der Waals surface area (Å²) in [5, 5.41) is 0. The van der Waals surface area contributed by atoms with Crippen molar-refractivity contribution in [1.29, 1.82) is 0 Å². The lowest BCUT2D eigenvalue weighted by atomic mass is 9.71. The molecule has 0 radical (unpaired) electrons. The van der Waals surface area contributed by atoms with Crippen molar-refractivity contribution in [3.63, 3.8) is 0 Å². The predicted octanol–water partition coefficient (Wildman–Crippen LogP) is 7.73. The highest BCUT2D eigenvalue weighted by Crippen LogP contribution is 2.37. The van der Waals surface area contributed by atoms with Gasteiger partial charge in [-0.1, -0.05) is 74.2 Å². The fourth-order valence-corrected chi connectivity index (χ4v) is 5.53. The Balaban J connectivity index is 0.000000456. The second kappa shape index (κ2) is 13.5. The number of ketones is 3. The zero-order chi connectivity index (χ0) is 26.1. The third-order valence-corrected chi connectivity index (χ3v) is 7.36. The first kappa shape index (κ1) is 28.7. The zero-order valence-electron chi connectivity index (χ0n) is 22.9. The molecule has 2 aromatic carbocycles. The van der Waals surface area contributed by atoms with Gasteiger partial charge >= 0.3 is 0 Å². The van der Waals surface area contributed by atoms with E-state index >= 15 is 0 Å². The van der Waals surface area contributed by atoms with Gasteiger partial charge in [-0.3, -0.25) is 14.4 Å². The van der Waals surface area contributed by atoms with Crippen LogP contribution in [0.2, 0.25) is 0 Å². The van der Waals surface area contributed by atoms with Crippen LogP contribution >= 0.6 is 0 Å². The van der Waals surface area contributed by atoms with E-state index < -0.39 is 0 Å². The van der Waals surface area contributed by atoms with Gasteiger partial charge in [-0.2, -0.15) is 0 Å². The van der Waals surface area contributed by atoms with Crippen molar-refractivity contribution >= 4 is 17.3 Å². The average Bonchev–Trinajstić information content (AvgIpc) is 2.78. The van der Waals surface area contributed by atoms with Crippen molar-refractivity contribution in [3.8, 4) is 0 Å². The second-order valence-corrected chi connectivity index (χ2v) is 10.5. The van der Waals surface area contributed by atoms with Gasteiger partial charge in [0.15, 0.2) is 5.78 Å². The average molecular weight is 477 g/mol. The summed E-state index contributed by atoms with van der Waals surface area (Å²) >= 11 is 0. The molecule has 3 atom stereocenters. The maximum atomic E-state index is 12.8. The maximum absolute atomic E-state index is 12.8. The molecule has 2 aromatic rings. The van der Waals surface area contributed by atoms with E-state index in [2.05, 4.69) is 58.0 Å². The predicted molar refractivity (Wildman–Crippen MR) is 145 cm³/mol. The van der Waals surface area contributed by atoms with Gasteiger partial charge in [0.2, 0.25) is 0 Å². The lowest BCUT2D eigenvalue weighted by molar-refractivity contribution is -0.129. The van der Waals surface area contributed by atoms with E-state index in [0.29, 0.717) is 12.3 Å². The molecule has 1 aliphatic rings. The topological polar surface area (TPSA) is 51.2 Å². The number of carbonyl (C=O) groups is 3. The molecule has 0 aromatic heterocycles. The molecule has 3 nitrogen and oxygen atoms in total. The van der Waals surface area contributed by atoms with E-state index in [-0.39, 0.29) is 35.6 Å². The molecule has 0 fully saturated rings. The van der Waals surface area contributed by atoms with E-state index in [1.807, 2.05) is 19.9 Å². The Morgan fingerprint density at radius 2 is 1.46 bits per heavy atom. The molecular weight excluding hydrogens is 432 g/mol. The summed E-state index contributed by atoms with van der Waals surface area (Å²) < 4.78 is 0. The molecule has 3 unspecified atom stereocenters. The van der Waals surface area contributed by atoms with E-state index in [9.17, 15) is 14.4 Å². The van der Waals surface area contributed by atoms with Crippen LogP contribution in [0.4, 0.5) is 0 Å². The molecule has 0 aliphatic heterocycles. The molecule has 0 bridgehead atoms. The standard InChI is InChI=1S/C24H34O3.C8H10/c1-6-8-19(20(7-2)22(26)11-17(5)25)12-18-13-21-15(3)9-10-16(4)24(21)23(27)14-18;1-7-3-5-8(2)6-4-7/h9-10,18-20H,6-8,11-14H2,1-5H3;3-6H,1-2H3. The lowest BCUT2D eigenvalue weighted by Crippen LogP contribution is -2.30. The van der Waals surface area contributed by atoms with Gasteiger partial charge in [0.1, 0.15) is 11.6 Å². The second-order valence-electron chi connectivity index (χ2n) is 10.5. The summed E-state index contributed by atoms with van der Waals surface area (Å²) in [6.45, 7) is 14.0. The highest BCUT2D eigenvalue weighted by Gasteiger charge is 2.33. The zero-order valence-corrected chi connectivity index (χ0v) is 22.9. The minimum absolute atomic E-state index is 0.0451. The molecule has 190 valence electrons. The van der Waals surface area contributed by atoms with Crippen LogP contribution in [-0.2, 0) is 16.0 Å². The Morgan fingerprint density at radius 1 is 0.886 bits per heavy atom. The number of hydrogen-bond acceptors (Lipinski definition) is 3. The van der Waals surface area contributed by atoms with Gasteiger partial charge in [0.05, 0.1) is 6.42 Å². The van der Waals surface area contributed by atoms with Crippen LogP contribution < -0.4 is 0 Å². The highest BCUT2D eigenvalue weighted by atomic mass is 16.1. The fourth-order valence-electron chi connectivity index (χ4n) is 5.53. The van der Waals surface area contributed by atoms with Crippen LogP contribution in [0.25, 0.3) is 0 Å². The molecule has 1 aliphatic carbocycles. The normalized spacial score (nSPS) is 16.5. The monoisotopic (exact) mass is 476 g/mol. The third kappa shape index (κ3) is 8.26. The van der Waals surface area contributed by atoms with Crippen molar-refractivity contribution in [2.75, 3.05) is 0 Å². The number of carbonyl (C=O) groups excluding carboxylic acids is 3. The third-order valence-electron chi connectivity index (χ3n) is 7.36. The van der Waals surface area contributed by atoms with Gasteiger partial charge in [0, 0.05) is 17.9 Å². The lowest BCUT2D eigenvalue weighted by Gasteiger charge is -2.32. The largest absolute Gasteiger partial charge is 0.300 e. The molecule has 0 amide bonds. The number of benzene rings is 2. The smallest absolute Gasteiger partial charge is 0.163 e. The van der Waals surface area contributed by atoms with Crippen molar-refractivity contribution in [2.45, 2.75) is 93.4 Å². The van der Waals surface area contributed by atoms with Crippen molar-refractivity contribution in [3.05, 3.63) is 69.8 Å². The molecule has 0 heterocycles. The van der Waals surface area contributed by atoms with Crippen molar-refractivity contribution in [2.24, 2.45) is 17.8 Å². The minimum Gasteiger partial charge on any atom is -0.300 e. The first-order chi connectivity index (χ1) is 16.6. The molecule has 3 rings (SSSR count). The van der Waals surface area contributed by atoms with Crippen LogP contribution in [0.5, 0.6) is 0 Å². The summed E-state index contributed by atoms with van der Waals surface area (Å²) in [6.07, 6.45) is 5.21. The van der Waals surface area contributed by atoms with E-state index in [1.54, 1.807) is 0 Å². The van der Waals surface area contributed by atoms with Gasteiger partial charge in [0.25, 0.3) is 0 Å². The van der Waals surface area contributed by atoms with Gasteiger partial charge in [-0.25, -0.2) is 0 Å². The minimum atomic E-state index is -0.0658. The van der Waals surface area contributed by atoms with Gasteiger partial charge < -0.3 is 0 Å². The van der Waals surface area contributed by atoms with Crippen LogP contribution in [0.1, 0.15) is 97.5 Å². The molecule has 0 saturated carbocycles. The molecular formula is C32H44O3. The van der Waals surface area contributed by atoms with Crippen LogP contribution in [-0.4, -0.2) is 17.3 Å². The highest BCUT2D eigenvalue weighted by molar-refractivity contribution is 6.00. The molecule has 0 N–H and O–H groups in total. The summed E-state index contributed by atoms with van der Waals surface area (Å²) in [5.74, 6) is 0.766. The summed E-state index contributed by atoms with van der Waals surface area (Å²) in [5.41, 5.74) is 7.06. The molecule has 0 spiro atoms. The van der Waals surface area contributed by atoms with Gasteiger partial charge in [-0.15, -0.1) is 0 Å². The maximum Gasteiger partial charge on any atom is 0.163 e. The summed E-state index contributed by atoms with van der Waals surface area (Å²) in [4.78, 5) is 36.9. The summed E-state index contributed by atoms with van der Waals surface area (Å²) in [6, 6.07) is 12.6. The number of fused-ring (bicyclic) bond motifs is 1. The van der Waals surface area contributed by atoms with E-state index in [4.69, 9.17) is 0 Å². The van der Waals surface area contributed by atoms with E-state index in [0.717, 1.165) is 43.2 Å². The first-order valence-electron chi connectivity index (χ1n) is 13.2. The van der Waals surface area contributed by atoms with Crippen LogP contribution in [0.3, 0.4) is 0 Å². The number of aryl methyl sites for hydroxylation is 4. The Bertz CT molecular complexity index is 995. The molecule has 0 saturated heterocycles. The molecule has 35 heavy (non-hydrogen) atoms. The fraction of sp³-hybridized carbons (Fsp3) is 0.531. The van der Waals surface area contributed by atoms with Crippen LogP contribution in [0.15, 0.2) is 36.4 Å². The van der Waals surface area contributed by atoms with Crippen molar-refractivity contribution < 1.29 is 14.4 Å². The Kier molecular flexibility index (Phi) is 11.1. The Labute approximate surface area is 212 Å². The van der Waals surface area contributed by atoms with E-state index in [1.165, 1.54) is 29.2 Å². The summed E-state index contributed by atoms with van der Waals surface area (Å²) in [7, 11) is 0. The first-order valence-corrected chi connectivity index (χ1v) is 13.2. The Hall–Kier alpha value is -2.55. The van der Waals surface area contributed by atoms with Crippen molar-refractivity contribution in [1.82, 2.24) is 0 Å². The molecule has 3 heteroatoms.